The Hall–Kier alpha value is -2.55. The average molecular weight is 387 g/mol. The van der Waals surface area contributed by atoms with Gasteiger partial charge in [-0.05, 0) is 50.3 Å². The van der Waals surface area contributed by atoms with Crippen molar-refractivity contribution >= 4 is 22.3 Å². The van der Waals surface area contributed by atoms with Crippen LogP contribution in [0.25, 0.3) is 6.20 Å². The molecule has 0 fully saturated rings. The lowest BCUT2D eigenvalue weighted by Crippen LogP contribution is -2.16. The maximum Gasteiger partial charge on any atom is 0.416 e. The Morgan fingerprint density at radius 1 is 1.15 bits per heavy atom. The molecule has 0 aliphatic heterocycles. The molecule has 5 nitrogen and oxygen atoms in total. The molecule has 0 spiro atoms. The minimum absolute atomic E-state index is 0.496. The van der Waals surface area contributed by atoms with Crippen molar-refractivity contribution in [1.29, 1.82) is 0 Å². The summed E-state index contributed by atoms with van der Waals surface area (Å²) in [6.45, 7) is 3.67. The standard InChI is InChI=1S/C17H16F3NO4S/c1-12-7-8-13(2)21(12)9-4-10-26(23,24)25-16(22)14-5-3-6-15(11-14)17(18,19)20/h3-9,11H,10H2,1-2H3. The minimum Gasteiger partial charge on any atom is -0.341 e. The molecule has 9 heteroatoms. The quantitative estimate of drug-likeness (QED) is 0.733. The summed E-state index contributed by atoms with van der Waals surface area (Å²) < 4.78 is 67.8. The van der Waals surface area contributed by atoms with Crippen molar-refractivity contribution in [3.05, 3.63) is 65.0 Å². The number of carbonyl (C=O) groups excluding carboxylic acids is 1. The van der Waals surface area contributed by atoms with Gasteiger partial charge in [0.2, 0.25) is 0 Å². The first-order valence-electron chi connectivity index (χ1n) is 7.44. The molecule has 0 atom stereocenters. The molecule has 0 unspecified atom stereocenters. The summed E-state index contributed by atoms with van der Waals surface area (Å²) in [7, 11) is -4.29. The lowest BCUT2D eigenvalue weighted by atomic mass is 10.1. The van der Waals surface area contributed by atoms with Gasteiger partial charge in [-0.1, -0.05) is 6.07 Å². The SMILES string of the molecule is Cc1ccc(C)n1C=CCS(=O)(=O)OC(=O)c1cccc(C(F)(F)F)c1. The zero-order chi connectivity index (χ0) is 19.5. The van der Waals surface area contributed by atoms with Crippen LogP contribution < -0.4 is 0 Å². The van der Waals surface area contributed by atoms with E-state index in [0.717, 1.165) is 29.6 Å². The van der Waals surface area contributed by atoms with E-state index >= 15 is 0 Å². The van der Waals surface area contributed by atoms with Crippen molar-refractivity contribution in [2.75, 3.05) is 5.75 Å². The van der Waals surface area contributed by atoms with E-state index < -0.39 is 39.1 Å². The van der Waals surface area contributed by atoms with Gasteiger partial charge < -0.3 is 8.75 Å². The average Bonchev–Trinajstić information content (AvgIpc) is 2.85. The second-order valence-electron chi connectivity index (χ2n) is 5.54. The molecule has 0 radical (unpaired) electrons. The Kier molecular flexibility index (Phi) is 5.60. The van der Waals surface area contributed by atoms with Crippen LogP contribution in [0.3, 0.4) is 0 Å². The maximum absolute atomic E-state index is 12.7. The molecule has 1 heterocycles. The number of aryl methyl sites for hydroxylation is 2. The van der Waals surface area contributed by atoms with E-state index in [0.29, 0.717) is 6.07 Å². The molecule has 1 aromatic carbocycles. The number of aromatic nitrogens is 1. The molecule has 0 saturated carbocycles. The number of benzene rings is 1. The monoisotopic (exact) mass is 387 g/mol. The van der Waals surface area contributed by atoms with Crippen molar-refractivity contribution in [3.8, 4) is 0 Å². The van der Waals surface area contributed by atoms with E-state index in [1.54, 1.807) is 4.57 Å². The Morgan fingerprint density at radius 2 is 1.77 bits per heavy atom. The van der Waals surface area contributed by atoms with Gasteiger partial charge in [0.05, 0.1) is 11.1 Å². The van der Waals surface area contributed by atoms with Crippen LogP contribution in [0.1, 0.15) is 27.3 Å². The fourth-order valence-corrected chi connectivity index (χ4v) is 2.92. The van der Waals surface area contributed by atoms with Gasteiger partial charge in [-0.15, -0.1) is 0 Å². The highest BCUT2D eigenvalue weighted by Gasteiger charge is 2.31. The summed E-state index contributed by atoms with van der Waals surface area (Å²) in [5.74, 6) is -1.97. The number of hydrogen-bond acceptors (Lipinski definition) is 4. The van der Waals surface area contributed by atoms with Crippen molar-refractivity contribution < 1.29 is 30.6 Å². The van der Waals surface area contributed by atoms with Gasteiger partial charge in [-0.25, -0.2) is 4.79 Å². The summed E-state index contributed by atoms with van der Waals surface area (Å²) >= 11 is 0. The van der Waals surface area contributed by atoms with Crippen LogP contribution in [0.4, 0.5) is 13.2 Å². The van der Waals surface area contributed by atoms with Crippen LogP contribution >= 0.6 is 0 Å². The number of nitrogens with zero attached hydrogens (tertiary/aromatic N) is 1. The second kappa shape index (κ2) is 7.36. The van der Waals surface area contributed by atoms with E-state index in [4.69, 9.17) is 0 Å². The van der Waals surface area contributed by atoms with E-state index in [9.17, 15) is 26.4 Å². The predicted octanol–water partition coefficient (Wildman–Crippen LogP) is 3.78. The molecule has 1 aromatic heterocycles. The van der Waals surface area contributed by atoms with Gasteiger partial charge in [0, 0.05) is 17.6 Å². The number of alkyl halides is 3. The molecule has 0 aliphatic carbocycles. The van der Waals surface area contributed by atoms with E-state index in [1.807, 2.05) is 26.0 Å². The third kappa shape index (κ3) is 4.98. The summed E-state index contributed by atoms with van der Waals surface area (Å²) in [6.07, 6.45) is -1.85. The van der Waals surface area contributed by atoms with Crippen LogP contribution in [0.15, 0.2) is 42.5 Å². The van der Waals surface area contributed by atoms with Crippen LogP contribution in [0.5, 0.6) is 0 Å². The van der Waals surface area contributed by atoms with Gasteiger partial charge in [0.25, 0.3) is 0 Å². The third-order valence-corrected chi connectivity index (χ3v) is 4.51. The fraction of sp³-hybridized carbons (Fsp3) is 0.235. The predicted molar refractivity (Wildman–Crippen MR) is 89.9 cm³/mol. The molecule has 2 aromatic rings. The number of halogens is 3. The summed E-state index contributed by atoms with van der Waals surface area (Å²) in [5, 5.41) is 0. The molecule has 0 N–H and O–H groups in total. The molecule has 26 heavy (non-hydrogen) atoms. The third-order valence-electron chi connectivity index (χ3n) is 3.51. The van der Waals surface area contributed by atoms with Gasteiger partial charge in [0.1, 0.15) is 5.75 Å². The van der Waals surface area contributed by atoms with Crippen molar-refractivity contribution in [3.63, 3.8) is 0 Å². The fourth-order valence-electron chi connectivity index (χ4n) is 2.20. The molecular weight excluding hydrogens is 371 g/mol. The molecule has 0 aliphatic rings. The summed E-state index contributed by atoms with van der Waals surface area (Å²) in [6, 6.07) is 7.07. The van der Waals surface area contributed by atoms with Crippen LogP contribution in [0, 0.1) is 13.8 Å². The Labute approximate surface area is 148 Å². The first kappa shape index (κ1) is 19.8. The number of rotatable bonds is 5. The minimum atomic E-state index is -4.65. The Morgan fingerprint density at radius 3 is 2.35 bits per heavy atom. The van der Waals surface area contributed by atoms with Gasteiger partial charge in [-0.3, -0.25) is 0 Å². The van der Waals surface area contributed by atoms with E-state index in [2.05, 4.69) is 4.18 Å². The van der Waals surface area contributed by atoms with Crippen molar-refractivity contribution in [2.24, 2.45) is 0 Å². The zero-order valence-corrected chi connectivity index (χ0v) is 14.8. The van der Waals surface area contributed by atoms with Crippen LogP contribution in [-0.4, -0.2) is 24.7 Å². The smallest absolute Gasteiger partial charge is 0.341 e. The Balaban J connectivity index is 2.08. The van der Waals surface area contributed by atoms with Gasteiger partial charge >= 0.3 is 22.3 Å². The highest BCUT2D eigenvalue weighted by Crippen LogP contribution is 2.29. The van der Waals surface area contributed by atoms with Crippen molar-refractivity contribution in [1.82, 2.24) is 4.57 Å². The lowest BCUT2D eigenvalue weighted by molar-refractivity contribution is -0.137. The molecule has 0 bridgehead atoms. The molecule has 140 valence electrons. The molecule has 0 saturated heterocycles. The highest BCUT2D eigenvalue weighted by molar-refractivity contribution is 7.87. The van der Waals surface area contributed by atoms with Crippen LogP contribution in [-0.2, 0) is 20.5 Å². The largest absolute Gasteiger partial charge is 0.416 e. The topological polar surface area (TPSA) is 65.4 Å². The molecule has 0 amide bonds. The number of hydrogen-bond donors (Lipinski definition) is 0. The number of carbonyl (C=O) groups is 1. The summed E-state index contributed by atoms with van der Waals surface area (Å²) in [5.41, 5.74) is 0.210. The first-order valence-corrected chi connectivity index (χ1v) is 9.02. The normalized spacial score (nSPS) is 12.5. The summed E-state index contributed by atoms with van der Waals surface area (Å²) in [4.78, 5) is 11.8. The Bertz CT molecular complexity index is 924. The zero-order valence-electron chi connectivity index (χ0n) is 13.9. The van der Waals surface area contributed by atoms with Gasteiger partial charge in [-0.2, -0.15) is 21.6 Å². The van der Waals surface area contributed by atoms with E-state index in [1.165, 1.54) is 12.3 Å². The van der Waals surface area contributed by atoms with Gasteiger partial charge in [0.15, 0.2) is 0 Å². The maximum atomic E-state index is 12.7. The lowest BCUT2D eigenvalue weighted by Gasteiger charge is -2.08. The van der Waals surface area contributed by atoms with Crippen molar-refractivity contribution in [2.45, 2.75) is 20.0 Å². The first-order chi connectivity index (χ1) is 12.0. The molecule has 2 rings (SSSR count). The second-order valence-corrected chi connectivity index (χ2v) is 7.16. The van der Waals surface area contributed by atoms with E-state index in [-0.39, 0.29) is 0 Å². The van der Waals surface area contributed by atoms with Crippen LogP contribution in [0.2, 0.25) is 0 Å². The molecular formula is C17H16F3NO4S. The highest BCUT2D eigenvalue weighted by atomic mass is 32.2.